The molecule has 2 aromatic rings. The van der Waals surface area contributed by atoms with Gasteiger partial charge in [-0.15, -0.1) is 0 Å². The summed E-state index contributed by atoms with van der Waals surface area (Å²) in [6.07, 6.45) is 3.01. The Labute approximate surface area is 108 Å². The van der Waals surface area contributed by atoms with Crippen LogP contribution in [-0.4, -0.2) is 5.11 Å². The van der Waals surface area contributed by atoms with Gasteiger partial charge in [-0.3, -0.25) is 0 Å². The molecule has 1 nitrogen and oxygen atoms in total. The first-order valence-corrected chi connectivity index (χ1v) is 6.63. The predicted molar refractivity (Wildman–Crippen MR) is 73.4 cm³/mol. The zero-order chi connectivity index (χ0) is 12.4. The van der Waals surface area contributed by atoms with E-state index in [2.05, 4.69) is 24.3 Å². The lowest BCUT2D eigenvalue weighted by Crippen LogP contribution is -2.28. The lowest BCUT2D eigenvalue weighted by Gasteiger charge is -2.31. The number of benzene rings is 2. The minimum atomic E-state index is -0.692. The van der Waals surface area contributed by atoms with Crippen molar-refractivity contribution < 1.29 is 5.11 Å². The maximum atomic E-state index is 11.1. The molecule has 3 rings (SSSR count). The summed E-state index contributed by atoms with van der Waals surface area (Å²) in [5.74, 6) is 0.223. The molecular formula is C17H18O. The first kappa shape index (κ1) is 11.5. The van der Waals surface area contributed by atoms with E-state index in [-0.39, 0.29) is 5.92 Å². The monoisotopic (exact) mass is 238 g/mol. The van der Waals surface area contributed by atoms with E-state index >= 15 is 0 Å². The van der Waals surface area contributed by atoms with Crippen LogP contribution in [0.1, 0.15) is 36.3 Å². The number of aliphatic hydroxyl groups is 1. The van der Waals surface area contributed by atoms with Crippen LogP contribution in [0.3, 0.4) is 0 Å². The molecule has 0 aromatic heterocycles. The maximum Gasteiger partial charge on any atom is 0.0964 e. The summed E-state index contributed by atoms with van der Waals surface area (Å²) < 4.78 is 0. The highest BCUT2D eigenvalue weighted by molar-refractivity contribution is 5.32. The zero-order valence-electron chi connectivity index (χ0n) is 10.4. The van der Waals surface area contributed by atoms with Crippen molar-refractivity contribution in [3.05, 3.63) is 71.8 Å². The normalized spacial score (nSPS) is 27.3. The number of hydrogen-bond donors (Lipinski definition) is 1. The van der Waals surface area contributed by atoms with Crippen molar-refractivity contribution in [2.75, 3.05) is 0 Å². The van der Waals surface area contributed by atoms with E-state index in [0.717, 1.165) is 24.8 Å². The SMILES string of the molecule is O[C@]1(c2ccccc2)CCC[C@@H]1c1ccccc1. The lowest BCUT2D eigenvalue weighted by atomic mass is 9.80. The predicted octanol–water partition coefficient (Wildman–Crippen LogP) is 3.84. The third-order valence-corrected chi connectivity index (χ3v) is 4.10. The Bertz CT molecular complexity index is 506. The van der Waals surface area contributed by atoms with Crippen LogP contribution < -0.4 is 0 Å². The smallest absolute Gasteiger partial charge is 0.0964 e. The summed E-state index contributed by atoms with van der Waals surface area (Å²) in [5.41, 5.74) is 1.61. The van der Waals surface area contributed by atoms with Crippen molar-refractivity contribution in [3.63, 3.8) is 0 Å². The van der Waals surface area contributed by atoms with Gasteiger partial charge in [0.05, 0.1) is 5.60 Å². The van der Waals surface area contributed by atoms with Gasteiger partial charge < -0.3 is 5.11 Å². The van der Waals surface area contributed by atoms with Crippen LogP contribution in [0.25, 0.3) is 0 Å². The average Bonchev–Trinajstić information content (AvgIpc) is 2.84. The Morgan fingerprint density at radius 3 is 2.17 bits per heavy atom. The van der Waals surface area contributed by atoms with Gasteiger partial charge in [-0.2, -0.15) is 0 Å². The highest BCUT2D eigenvalue weighted by Gasteiger charge is 2.42. The molecule has 0 aliphatic heterocycles. The maximum absolute atomic E-state index is 11.1. The minimum Gasteiger partial charge on any atom is -0.385 e. The Morgan fingerprint density at radius 2 is 1.50 bits per heavy atom. The molecular weight excluding hydrogens is 220 g/mol. The van der Waals surface area contributed by atoms with Gasteiger partial charge in [-0.05, 0) is 30.4 Å². The molecule has 0 unspecified atom stereocenters. The van der Waals surface area contributed by atoms with Crippen LogP contribution in [0.4, 0.5) is 0 Å². The van der Waals surface area contributed by atoms with Crippen LogP contribution in [0.15, 0.2) is 60.7 Å². The summed E-state index contributed by atoms with van der Waals surface area (Å²) >= 11 is 0. The molecule has 1 aliphatic rings. The Balaban J connectivity index is 2.01. The first-order chi connectivity index (χ1) is 8.81. The van der Waals surface area contributed by atoms with Crippen LogP contribution in [0, 0.1) is 0 Å². The summed E-state index contributed by atoms with van der Waals surface area (Å²) in [6.45, 7) is 0. The van der Waals surface area contributed by atoms with Crippen LogP contribution >= 0.6 is 0 Å². The van der Waals surface area contributed by atoms with E-state index < -0.39 is 5.60 Å². The second-order valence-electron chi connectivity index (χ2n) is 5.15. The number of rotatable bonds is 2. The Morgan fingerprint density at radius 1 is 0.889 bits per heavy atom. The molecule has 1 aliphatic carbocycles. The highest BCUT2D eigenvalue weighted by atomic mass is 16.3. The van der Waals surface area contributed by atoms with E-state index in [1.807, 2.05) is 36.4 Å². The van der Waals surface area contributed by atoms with Crippen molar-refractivity contribution in [1.82, 2.24) is 0 Å². The standard InChI is InChI=1S/C17H18O/c18-17(15-10-5-2-6-11-15)13-7-12-16(17)14-8-3-1-4-9-14/h1-6,8-11,16,18H,7,12-13H2/t16-,17+/m1/s1. The average molecular weight is 238 g/mol. The van der Waals surface area contributed by atoms with Gasteiger partial charge in [0.25, 0.3) is 0 Å². The van der Waals surface area contributed by atoms with Crippen molar-refractivity contribution >= 4 is 0 Å². The van der Waals surface area contributed by atoms with Crippen LogP contribution in [0.5, 0.6) is 0 Å². The van der Waals surface area contributed by atoms with E-state index in [1.54, 1.807) is 0 Å². The van der Waals surface area contributed by atoms with Gasteiger partial charge in [0, 0.05) is 5.92 Å². The third kappa shape index (κ3) is 1.85. The van der Waals surface area contributed by atoms with Gasteiger partial charge in [0.1, 0.15) is 0 Å². The summed E-state index contributed by atoms with van der Waals surface area (Å²) in [6, 6.07) is 20.5. The molecule has 2 atom stereocenters. The number of hydrogen-bond acceptors (Lipinski definition) is 1. The molecule has 0 radical (unpaired) electrons. The van der Waals surface area contributed by atoms with Gasteiger partial charge in [0.15, 0.2) is 0 Å². The van der Waals surface area contributed by atoms with Gasteiger partial charge >= 0.3 is 0 Å². The van der Waals surface area contributed by atoms with E-state index in [9.17, 15) is 5.11 Å². The molecule has 0 saturated heterocycles. The molecule has 92 valence electrons. The molecule has 0 spiro atoms. The van der Waals surface area contributed by atoms with Gasteiger partial charge in [-0.25, -0.2) is 0 Å². The van der Waals surface area contributed by atoms with E-state index in [4.69, 9.17) is 0 Å². The fraction of sp³-hybridized carbons (Fsp3) is 0.294. The van der Waals surface area contributed by atoms with Gasteiger partial charge in [0.2, 0.25) is 0 Å². The minimum absolute atomic E-state index is 0.223. The zero-order valence-corrected chi connectivity index (χ0v) is 10.4. The molecule has 0 heterocycles. The fourth-order valence-electron chi connectivity index (χ4n) is 3.19. The van der Waals surface area contributed by atoms with E-state index in [1.165, 1.54) is 5.56 Å². The Hall–Kier alpha value is -1.60. The molecule has 0 bridgehead atoms. The van der Waals surface area contributed by atoms with Crippen LogP contribution in [0.2, 0.25) is 0 Å². The molecule has 1 saturated carbocycles. The third-order valence-electron chi connectivity index (χ3n) is 4.10. The van der Waals surface area contributed by atoms with Crippen molar-refractivity contribution in [2.24, 2.45) is 0 Å². The van der Waals surface area contributed by atoms with Gasteiger partial charge in [-0.1, -0.05) is 60.7 Å². The quantitative estimate of drug-likeness (QED) is 0.842. The largest absolute Gasteiger partial charge is 0.385 e. The van der Waals surface area contributed by atoms with Crippen molar-refractivity contribution in [3.8, 4) is 0 Å². The van der Waals surface area contributed by atoms with Crippen LogP contribution in [-0.2, 0) is 5.60 Å². The first-order valence-electron chi connectivity index (χ1n) is 6.63. The lowest BCUT2D eigenvalue weighted by molar-refractivity contribution is 0.0259. The molecule has 1 N–H and O–H groups in total. The van der Waals surface area contributed by atoms with Crippen molar-refractivity contribution in [2.45, 2.75) is 30.8 Å². The molecule has 0 amide bonds. The molecule has 1 fully saturated rings. The summed E-state index contributed by atoms with van der Waals surface area (Å²) in [7, 11) is 0. The second-order valence-corrected chi connectivity index (χ2v) is 5.15. The van der Waals surface area contributed by atoms with Crippen molar-refractivity contribution in [1.29, 1.82) is 0 Å². The van der Waals surface area contributed by atoms with E-state index in [0.29, 0.717) is 0 Å². The highest BCUT2D eigenvalue weighted by Crippen LogP contribution is 2.49. The molecule has 2 aromatic carbocycles. The summed E-state index contributed by atoms with van der Waals surface area (Å²) in [4.78, 5) is 0. The topological polar surface area (TPSA) is 20.2 Å². The molecule has 18 heavy (non-hydrogen) atoms. The fourth-order valence-corrected chi connectivity index (χ4v) is 3.19. The second kappa shape index (κ2) is 4.58. The summed E-state index contributed by atoms with van der Waals surface area (Å²) in [5, 5.41) is 11.1. The Kier molecular flexibility index (Phi) is 2.92. The molecule has 1 heteroatoms.